The van der Waals surface area contributed by atoms with Gasteiger partial charge in [-0.15, -0.1) is 0 Å². The van der Waals surface area contributed by atoms with E-state index in [0.29, 0.717) is 0 Å². The molecule has 0 aromatic heterocycles. The van der Waals surface area contributed by atoms with Gasteiger partial charge in [0, 0.05) is 0 Å². The minimum atomic E-state index is -2.22. The van der Waals surface area contributed by atoms with Crippen LogP contribution in [0.1, 0.15) is 64.9 Å². The van der Waals surface area contributed by atoms with E-state index in [2.05, 4.69) is 66.7 Å². The summed E-state index contributed by atoms with van der Waals surface area (Å²) in [4.78, 5) is 2.58. The second-order valence-electron chi connectivity index (χ2n) is 8.58. The molecule has 1 aliphatic rings. The SMILES string of the molecule is C=C1CN(Cc2ccccc2)C/C1=[CH]/[Sn]([CH2]CCC)([CH2]CCC)[CH2]CCC. The summed E-state index contributed by atoms with van der Waals surface area (Å²) >= 11 is -2.22. The first-order chi connectivity index (χ1) is 13.1. The van der Waals surface area contributed by atoms with Gasteiger partial charge in [0.05, 0.1) is 0 Å². The third kappa shape index (κ3) is 7.42. The maximum absolute atomic E-state index is 4.48. The van der Waals surface area contributed by atoms with Crippen LogP contribution in [0.5, 0.6) is 0 Å². The van der Waals surface area contributed by atoms with Gasteiger partial charge in [0.1, 0.15) is 0 Å². The van der Waals surface area contributed by atoms with Crippen LogP contribution >= 0.6 is 0 Å². The second kappa shape index (κ2) is 12.1. The summed E-state index contributed by atoms with van der Waals surface area (Å²) < 4.78 is 7.56. The Balaban J connectivity index is 2.15. The summed E-state index contributed by atoms with van der Waals surface area (Å²) in [6.07, 6.45) is 8.36. The van der Waals surface area contributed by atoms with Crippen LogP contribution in [-0.2, 0) is 6.54 Å². The molecule has 0 aliphatic carbocycles. The summed E-state index contributed by atoms with van der Waals surface area (Å²) in [5.74, 6) is 0. The van der Waals surface area contributed by atoms with Gasteiger partial charge in [-0.1, -0.05) is 0 Å². The van der Waals surface area contributed by atoms with E-state index in [1.54, 1.807) is 18.9 Å². The molecule has 0 amide bonds. The van der Waals surface area contributed by atoms with Crippen molar-refractivity contribution in [1.82, 2.24) is 4.90 Å². The molecule has 1 aliphatic heterocycles. The molecule has 1 aromatic rings. The fraction of sp³-hybridized carbons (Fsp3) is 0.600. The predicted molar refractivity (Wildman–Crippen MR) is 124 cm³/mol. The van der Waals surface area contributed by atoms with Crippen molar-refractivity contribution in [3.05, 3.63) is 57.7 Å². The first-order valence-electron chi connectivity index (χ1n) is 11.3. The zero-order valence-corrected chi connectivity index (χ0v) is 21.0. The van der Waals surface area contributed by atoms with Gasteiger partial charge in [0.25, 0.3) is 0 Å². The summed E-state index contributed by atoms with van der Waals surface area (Å²) in [6.45, 7) is 14.8. The van der Waals surface area contributed by atoms with Crippen LogP contribution in [0.15, 0.2) is 52.1 Å². The van der Waals surface area contributed by atoms with Crippen molar-refractivity contribution in [2.75, 3.05) is 13.1 Å². The zero-order valence-electron chi connectivity index (χ0n) is 18.1. The molecule has 2 rings (SSSR count). The first-order valence-corrected chi connectivity index (χ1v) is 19.0. The maximum atomic E-state index is 4.48. The molecule has 0 atom stereocenters. The van der Waals surface area contributed by atoms with Gasteiger partial charge < -0.3 is 0 Å². The van der Waals surface area contributed by atoms with Crippen molar-refractivity contribution in [3.8, 4) is 0 Å². The van der Waals surface area contributed by atoms with Gasteiger partial charge in [0.15, 0.2) is 0 Å². The van der Waals surface area contributed by atoms with E-state index in [9.17, 15) is 0 Å². The molecule has 0 saturated carbocycles. The van der Waals surface area contributed by atoms with E-state index in [0.717, 1.165) is 19.6 Å². The fourth-order valence-electron chi connectivity index (χ4n) is 4.43. The molecule has 2 heteroatoms. The molecule has 1 heterocycles. The topological polar surface area (TPSA) is 3.24 Å². The molecule has 27 heavy (non-hydrogen) atoms. The van der Waals surface area contributed by atoms with Gasteiger partial charge >= 0.3 is 173 Å². The van der Waals surface area contributed by atoms with Crippen molar-refractivity contribution < 1.29 is 0 Å². The molecular formula is C25H41NSn. The Morgan fingerprint density at radius 1 is 0.889 bits per heavy atom. The van der Waals surface area contributed by atoms with E-state index >= 15 is 0 Å². The van der Waals surface area contributed by atoms with Gasteiger partial charge in [-0.05, 0) is 0 Å². The number of rotatable bonds is 12. The third-order valence-electron chi connectivity index (χ3n) is 6.08. The van der Waals surface area contributed by atoms with Gasteiger partial charge in [-0.2, -0.15) is 0 Å². The molecule has 1 aromatic carbocycles. The van der Waals surface area contributed by atoms with Crippen LogP contribution in [0, 0.1) is 0 Å². The van der Waals surface area contributed by atoms with Crippen LogP contribution in [-0.4, -0.2) is 36.4 Å². The van der Waals surface area contributed by atoms with E-state index in [-0.39, 0.29) is 0 Å². The zero-order chi connectivity index (χ0) is 19.5. The van der Waals surface area contributed by atoms with Crippen LogP contribution in [0.4, 0.5) is 0 Å². The van der Waals surface area contributed by atoms with E-state index < -0.39 is 18.4 Å². The van der Waals surface area contributed by atoms with E-state index in [1.165, 1.54) is 49.7 Å². The fourth-order valence-corrected chi connectivity index (χ4v) is 19.8. The molecule has 0 spiro atoms. The Morgan fingerprint density at radius 3 is 1.96 bits per heavy atom. The van der Waals surface area contributed by atoms with Crippen molar-refractivity contribution in [3.63, 3.8) is 0 Å². The Labute approximate surface area is 172 Å². The summed E-state index contributed by atoms with van der Waals surface area (Å²) in [5.41, 5.74) is 4.44. The molecule has 1 saturated heterocycles. The Hall–Kier alpha value is -0.541. The standard InChI is InChI=1S/C13H14N.3C4H9.Sn/c1-11-8-14(9-12(11)2)10-13-6-4-3-5-7-13;3*1-3-4-2;/h1,3-7H,2,8-10H2;3*1,3-4H2,2H3;. The number of hydrogen-bond donors (Lipinski definition) is 0. The first kappa shape index (κ1) is 22.7. The number of benzene rings is 1. The number of likely N-dealkylation sites (tertiary alicyclic amines) is 1. The molecule has 0 N–H and O–H groups in total. The Morgan fingerprint density at radius 2 is 1.44 bits per heavy atom. The number of unbranched alkanes of at least 4 members (excludes halogenated alkanes) is 3. The Kier molecular flexibility index (Phi) is 10.2. The molecule has 150 valence electrons. The molecule has 1 nitrogen and oxygen atoms in total. The van der Waals surface area contributed by atoms with Crippen LogP contribution in [0.2, 0.25) is 13.3 Å². The second-order valence-corrected chi connectivity index (χ2v) is 21.5. The molecular weight excluding hydrogens is 433 g/mol. The van der Waals surface area contributed by atoms with Crippen molar-refractivity contribution in [2.45, 2.75) is 79.2 Å². The average molecular weight is 474 g/mol. The molecule has 0 bridgehead atoms. The monoisotopic (exact) mass is 475 g/mol. The molecule has 0 radical (unpaired) electrons. The molecule has 1 fully saturated rings. The van der Waals surface area contributed by atoms with Gasteiger partial charge in [0.2, 0.25) is 0 Å². The predicted octanol–water partition coefficient (Wildman–Crippen LogP) is 7.37. The summed E-state index contributed by atoms with van der Waals surface area (Å²) in [7, 11) is 0. The van der Waals surface area contributed by atoms with Crippen molar-refractivity contribution in [2.24, 2.45) is 0 Å². The van der Waals surface area contributed by atoms with Gasteiger partial charge in [-0.3, -0.25) is 0 Å². The quantitative estimate of drug-likeness (QED) is 0.286. The third-order valence-corrected chi connectivity index (χ3v) is 20.4. The van der Waals surface area contributed by atoms with Crippen LogP contribution in [0.3, 0.4) is 0 Å². The Bertz CT molecular complexity index is 568. The summed E-state index contributed by atoms with van der Waals surface area (Å²) in [6, 6.07) is 10.9. The number of hydrogen-bond acceptors (Lipinski definition) is 1. The minimum absolute atomic E-state index is 1.05. The average Bonchev–Trinajstić information content (AvgIpc) is 3.02. The van der Waals surface area contributed by atoms with E-state index in [4.69, 9.17) is 0 Å². The van der Waals surface area contributed by atoms with Gasteiger partial charge in [-0.25, -0.2) is 0 Å². The van der Waals surface area contributed by atoms with E-state index in [1.807, 2.05) is 0 Å². The van der Waals surface area contributed by atoms with Crippen molar-refractivity contribution in [1.29, 1.82) is 0 Å². The van der Waals surface area contributed by atoms with Crippen LogP contribution in [0.25, 0.3) is 0 Å². The van der Waals surface area contributed by atoms with Crippen LogP contribution < -0.4 is 0 Å². The summed E-state index contributed by atoms with van der Waals surface area (Å²) in [5, 5.41) is 0. The molecule has 0 unspecified atom stereocenters. The van der Waals surface area contributed by atoms with Crippen molar-refractivity contribution >= 4 is 18.4 Å². The normalized spacial score (nSPS) is 17.1. The number of nitrogens with zero attached hydrogens (tertiary/aromatic N) is 1.